The highest BCUT2D eigenvalue weighted by atomic mass is 32.2. The van der Waals surface area contributed by atoms with Gasteiger partial charge in [0.15, 0.2) is 0 Å². The summed E-state index contributed by atoms with van der Waals surface area (Å²) in [4.78, 5) is 0.0732. The molecule has 0 N–H and O–H groups in total. The summed E-state index contributed by atoms with van der Waals surface area (Å²) in [6, 6.07) is 11.9. The van der Waals surface area contributed by atoms with Crippen molar-refractivity contribution in [3.8, 4) is 11.8 Å². The van der Waals surface area contributed by atoms with Gasteiger partial charge in [-0.15, -0.1) is 0 Å². The fourth-order valence-electron chi connectivity index (χ4n) is 2.33. The molecule has 0 aliphatic rings. The molecule has 0 bridgehead atoms. The average Bonchev–Trinajstić information content (AvgIpc) is 2.45. The lowest BCUT2D eigenvalue weighted by molar-refractivity contribution is 0.484. The number of nitrogens with zero attached hydrogens (tertiary/aromatic N) is 1. The van der Waals surface area contributed by atoms with Crippen molar-refractivity contribution in [2.24, 2.45) is 0 Å². The Kier molecular flexibility index (Phi) is 4.76. The van der Waals surface area contributed by atoms with E-state index in [0.717, 1.165) is 11.1 Å². The van der Waals surface area contributed by atoms with Gasteiger partial charge in [0, 0.05) is 0 Å². The molecule has 0 saturated heterocycles. The van der Waals surface area contributed by atoms with Gasteiger partial charge in [0.2, 0.25) is 0 Å². The predicted octanol–water partition coefficient (Wildman–Crippen LogP) is 4.07. The van der Waals surface area contributed by atoms with Gasteiger partial charge in [-0.05, 0) is 66.8 Å². The molecule has 0 spiro atoms. The lowest BCUT2D eigenvalue weighted by Crippen LogP contribution is -2.12. The Labute approximate surface area is 137 Å². The maximum atomic E-state index is 12.5. The first kappa shape index (κ1) is 17.0. The van der Waals surface area contributed by atoms with Crippen LogP contribution in [0.2, 0.25) is 0 Å². The van der Waals surface area contributed by atoms with E-state index in [9.17, 15) is 8.42 Å². The van der Waals surface area contributed by atoms with Crippen LogP contribution in [0.4, 0.5) is 0 Å². The third-order valence-corrected chi connectivity index (χ3v) is 4.93. The lowest BCUT2D eigenvalue weighted by atomic mass is 10.0. The highest BCUT2D eigenvalue weighted by Gasteiger charge is 2.20. The van der Waals surface area contributed by atoms with Crippen LogP contribution in [-0.2, 0) is 10.1 Å². The quantitative estimate of drug-likeness (QED) is 0.793. The van der Waals surface area contributed by atoms with E-state index in [-0.39, 0.29) is 10.8 Å². The first-order valence-corrected chi connectivity index (χ1v) is 8.70. The minimum absolute atomic E-state index is 0.0732. The molecule has 2 aromatic carbocycles. The second kappa shape index (κ2) is 6.43. The van der Waals surface area contributed by atoms with Crippen LogP contribution in [0.5, 0.6) is 5.75 Å². The monoisotopic (exact) mass is 329 g/mol. The molecule has 0 saturated carbocycles. The van der Waals surface area contributed by atoms with Gasteiger partial charge in [-0.3, -0.25) is 0 Å². The summed E-state index contributed by atoms with van der Waals surface area (Å²) in [5.41, 5.74) is 2.87. The summed E-state index contributed by atoms with van der Waals surface area (Å²) in [6.07, 6.45) is 0. The molecule has 0 aromatic heterocycles. The van der Waals surface area contributed by atoms with Crippen molar-refractivity contribution in [1.82, 2.24) is 0 Å². The SMILES string of the molecule is Cc1cc(OS(=O)(=O)c2ccc(C#N)cc2C)cc(C(C)C)c1. The van der Waals surface area contributed by atoms with Crippen LogP contribution in [0.15, 0.2) is 41.3 Å². The molecule has 23 heavy (non-hydrogen) atoms. The van der Waals surface area contributed by atoms with Crippen molar-refractivity contribution in [3.05, 3.63) is 58.7 Å². The van der Waals surface area contributed by atoms with Crippen molar-refractivity contribution in [2.75, 3.05) is 0 Å². The van der Waals surface area contributed by atoms with Crippen LogP contribution >= 0.6 is 0 Å². The smallest absolute Gasteiger partial charge is 0.339 e. The van der Waals surface area contributed by atoms with E-state index in [4.69, 9.17) is 9.44 Å². The highest BCUT2D eigenvalue weighted by molar-refractivity contribution is 7.87. The maximum absolute atomic E-state index is 12.5. The summed E-state index contributed by atoms with van der Waals surface area (Å²) in [5.74, 6) is 0.578. The Hall–Kier alpha value is -2.32. The summed E-state index contributed by atoms with van der Waals surface area (Å²) < 4.78 is 30.3. The Balaban J connectivity index is 2.41. The fourth-order valence-corrected chi connectivity index (χ4v) is 3.46. The van der Waals surface area contributed by atoms with Crippen molar-refractivity contribution in [1.29, 1.82) is 5.26 Å². The minimum Gasteiger partial charge on any atom is -0.379 e. The molecule has 0 unspecified atom stereocenters. The molecule has 0 aliphatic heterocycles. The fraction of sp³-hybridized carbons (Fsp3) is 0.278. The van der Waals surface area contributed by atoms with Crippen LogP contribution in [-0.4, -0.2) is 8.42 Å². The molecule has 0 aliphatic carbocycles. The Morgan fingerprint density at radius 3 is 2.35 bits per heavy atom. The number of benzene rings is 2. The first-order valence-electron chi connectivity index (χ1n) is 7.30. The van der Waals surface area contributed by atoms with E-state index in [0.29, 0.717) is 16.9 Å². The second-order valence-corrected chi connectivity index (χ2v) is 7.38. The zero-order valence-electron chi connectivity index (χ0n) is 13.6. The third kappa shape index (κ3) is 3.91. The molecule has 0 amide bonds. The van der Waals surface area contributed by atoms with Gasteiger partial charge in [0.1, 0.15) is 10.6 Å². The van der Waals surface area contributed by atoms with Gasteiger partial charge in [0.05, 0.1) is 11.6 Å². The van der Waals surface area contributed by atoms with E-state index in [1.807, 2.05) is 32.9 Å². The first-order chi connectivity index (χ1) is 10.7. The molecule has 2 rings (SSSR count). The minimum atomic E-state index is -3.94. The van der Waals surface area contributed by atoms with Crippen molar-refractivity contribution < 1.29 is 12.6 Å². The summed E-state index contributed by atoms with van der Waals surface area (Å²) in [5, 5.41) is 8.87. The topological polar surface area (TPSA) is 67.2 Å². The molecular formula is C18H19NO3S. The van der Waals surface area contributed by atoms with Crippen LogP contribution in [0, 0.1) is 25.2 Å². The Bertz CT molecular complexity index is 878. The second-order valence-electron chi connectivity index (χ2n) is 5.86. The molecule has 4 nitrogen and oxygen atoms in total. The molecule has 2 aromatic rings. The maximum Gasteiger partial charge on any atom is 0.339 e. The van der Waals surface area contributed by atoms with Gasteiger partial charge < -0.3 is 4.18 Å². The zero-order chi connectivity index (χ0) is 17.2. The molecule has 0 fully saturated rings. The summed E-state index contributed by atoms with van der Waals surface area (Å²) >= 11 is 0. The molecule has 0 heterocycles. The van der Waals surface area contributed by atoms with Gasteiger partial charge in [-0.1, -0.05) is 19.9 Å². The summed E-state index contributed by atoms with van der Waals surface area (Å²) in [6.45, 7) is 7.63. The number of nitriles is 1. The largest absolute Gasteiger partial charge is 0.379 e. The zero-order valence-corrected chi connectivity index (χ0v) is 14.4. The molecule has 120 valence electrons. The van der Waals surface area contributed by atoms with Crippen LogP contribution in [0.25, 0.3) is 0 Å². The van der Waals surface area contributed by atoms with E-state index >= 15 is 0 Å². The third-order valence-electron chi connectivity index (χ3n) is 3.52. The number of hydrogen-bond donors (Lipinski definition) is 0. The predicted molar refractivity (Wildman–Crippen MR) is 89.0 cm³/mol. The molecule has 5 heteroatoms. The number of rotatable bonds is 4. The van der Waals surface area contributed by atoms with Gasteiger partial charge in [-0.2, -0.15) is 13.7 Å². The average molecular weight is 329 g/mol. The Morgan fingerprint density at radius 2 is 1.78 bits per heavy atom. The van der Waals surface area contributed by atoms with E-state index in [1.54, 1.807) is 19.1 Å². The molecule has 0 atom stereocenters. The van der Waals surface area contributed by atoms with Crippen LogP contribution in [0.3, 0.4) is 0 Å². The van der Waals surface area contributed by atoms with Gasteiger partial charge in [0.25, 0.3) is 0 Å². The van der Waals surface area contributed by atoms with Crippen LogP contribution < -0.4 is 4.18 Å². The molecule has 0 radical (unpaired) electrons. The van der Waals surface area contributed by atoms with Crippen molar-refractivity contribution in [2.45, 2.75) is 38.5 Å². The van der Waals surface area contributed by atoms with E-state index in [2.05, 4.69) is 0 Å². The standard InChI is InChI=1S/C18H19NO3S/c1-12(2)16-7-13(3)8-17(10-16)22-23(20,21)18-6-5-15(11-19)9-14(18)4/h5-10,12H,1-4H3. The summed E-state index contributed by atoms with van der Waals surface area (Å²) in [7, 11) is -3.94. The number of hydrogen-bond acceptors (Lipinski definition) is 4. The number of aryl methyl sites for hydroxylation is 2. The van der Waals surface area contributed by atoms with Gasteiger partial charge in [-0.25, -0.2) is 0 Å². The van der Waals surface area contributed by atoms with Crippen molar-refractivity contribution >= 4 is 10.1 Å². The lowest BCUT2D eigenvalue weighted by Gasteiger charge is -2.13. The normalized spacial score (nSPS) is 11.3. The molecular weight excluding hydrogens is 310 g/mol. The van der Waals surface area contributed by atoms with Gasteiger partial charge >= 0.3 is 10.1 Å². The highest BCUT2D eigenvalue weighted by Crippen LogP contribution is 2.26. The van der Waals surface area contributed by atoms with Crippen molar-refractivity contribution in [3.63, 3.8) is 0 Å². The van der Waals surface area contributed by atoms with E-state index in [1.165, 1.54) is 18.2 Å². The van der Waals surface area contributed by atoms with Crippen LogP contribution in [0.1, 0.15) is 42.0 Å². The Morgan fingerprint density at radius 1 is 1.09 bits per heavy atom. The van der Waals surface area contributed by atoms with E-state index < -0.39 is 10.1 Å².